The second-order valence-electron chi connectivity index (χ2n) is 7.25. The number of piperidine rings is 1. The molecule has 132 valence electrons. The van der Waals surface area contributed by atoms with Crippen LogP contribution in [0.4, 0.5) is 0 Å². The van der Waals surface area contributed by atoms with Crippen LogP contribution in [0.1, 0.15) is 65.2 Å². The van der Waals surface area contributed by atoms with Gasteiger partial charge < -0.3 is 16.0 Å². The Morgan fingerprint density at radius 2 is 1.78 bits per heavy atom. The summed E-state index contributed by atoms with van der Waals surface area (Å²) in [6, 6.07) is 0.394. The Kier molecular flexibility index (Phi) is 6.88. The van der Waals surface area contributed by atoms with Crippen molar-refractivity contribution in [3.8, 4) is 0 Å². The molecule has 1 heterocycles. The largest absolute Gasteiger partial charge is 0.353 e. The van der Waals surface area contributed by atoms with Crippen molar-refractivity contribution in [2.24, 2.45) is 17.6 Å². The van der Waals surface area contributed by atoms with E-state index in [4.69, 9.17) is 5.73 Å². The Hall–Kier alpha value is -1.10. The lowest BCUT2D eigenvalue weighted by atomic mass is 9.85. The lowest BCUT2D eigenvalue weighted by molar-refractivity contribution is -0.137. The minimum atomic E-state index is 0.0861. The van der Waals surface area contributed by atoms with Gasteiger partial charge in [-0.1, -0.05) is 20.3 Å². The number of hydrogen-bond acceptors (Lipinski definition) is 3. The number of nitrogens with one attached hydrogen (secondary N) is 1. The quantitative estimate of drug-likeness (QED) is 0.813. The van der Waals surface area contributed by atoms with Crippen LogP contribution in [0.15, 0.2) is 0 Å². The van der Waals surface area contributed by atoms with E-state index in [1.54, 1.807) is 0 Å². The van der Waals surface area contributed by atoms with Gasteiger partial charge in [0.15, 0.2) is 0 Å². The van der Waals surface area contributed by atoms with Crippen LogP contribution < -0.4 is 11.1 Å². The van der Waals surface area contributed by atoms with Crippen molar-refractivity contribution >= 4 is 11.8 Å². The second-order valence-corrected chi connectivity index (χ2v) is 7.25. The maximum atomic E-state index is 12.4. The fourth-order valence-corrected chi connectivity index (χ4v) is 3.93. The first-order chi connectivity index (χ1) is 11.0. The summed E-state index contributed by atoms with van der Waals surface area (Å²) in [7, 11) is 0. The Bertz CT molecular complexity index is 401. The SMILES string of the molecule is CCC(CC)C(=O)N1CCC(NC(=O)C2CCCC(N)C2)CC1. The minimum absolute atomic E-state index is 0.0861. The zero-order chi connectivity index (χ0) is 16.8. The Morgan fingerprint density at radius 1 is 1.13 bits per heavy atom. The molecule has 23 heavy (non-hydrogen) atoms. The Morgan fingerprint density at radius 3 is 2.35 bits per heavy atom. The summed E-state index contributed by atoms with van der Waals surface area (Å²) < 4.78 is 0. The molecule has 2 rings (SSSR count). The number of rotatable bonds is 5. The van der Waals surface area contributed by atoms with E-state index >= 15 is 0 Å². The third-order valence-corrected chi connectivity index (χ3v) is 5.57. The summed E-state index contributed by atoms with van der Waals surface area (Å²) in [5, 5.41) is 3.19. The molecule has 0 bridgehead atoms. The van der Waals surface area contributed by atoms with Crippen molar-refractivity contribution < 1.29 is 9.59 Å². The minimum Gasteiger partial charge on any atom is -0.353 e. The van der Waals surface area contributed by atoms with Crippen LogP contribution in [0.25, 0.3) is 0 Å². The number of nitrogens with zero attached hydrogens (tertiary/aromatic N) is 1. The monoisotopic (exact) mass is 323 g/mol. The number of nitrogens with two attached hydrogens (primary N) is 1. The molecule has 5 nitrogen and oxygen atoms in total. The van der Waals surface area contributed by atoms with E-state index < -0.39 is 0 Å². The maximum absolute atomic E-state index is 12.4. The average molecular weight is 323 g/mol. The topological polar surface area (TPSA) is 75.4 Å². The van der Waals surface area contributed by atoms with Gasteiger partial charge in [-0.3, -0.25) is 9.59 Å². The van der Waals surface area contributed by atoms with E-state index in [9.17, 15) is 9.59 Å². The molecular weight excluding hydrogens is 290 g/mol. The number of carbonyl (C=O) groups is 2. The van der Waals surface area contributed by atoms with Crippen molar-refractivity contribution in [2.45, 2.75) is 77.3 Å². The van der Waals surface area contributed by atoms with E-state index in [1.807, 2.05) is 4.90 Å². The Balaban J connectivity index is 1.76. The van der Waals surface area contributed by atoms with E-state index in [0.29, 0.717) is 0 Å². The molecule has 2 atom stereocenters. The van der Waals surface area contributed by atoms with Gasteiger partial charge in [-0.2, -0.15) is 0 Å². The van der Waals surface area contributed by atoms with Crippen LogP contribution in [0.2, 0.25) is 0 Å². The highest BCUT2D eigenvalue weighted by Crippen LogP contribution is 2.24. The third kappa shape index (κ3) is 4.93. The van der Waals surface area contributed by atoms with E-state index in [-0.39, 0.29) is 35.7 Å². The highest BCUT2D eigenvalue weighted by molar-refractivity contribution is 5.80. The smallest absolute Gasteiger partial charge is 0.225 e. The number of likely N-dealkylation sites (tertiary alicyclic amines) is 1. The predicted molar refractivity (Wildman–Crippen MR) is 91.8 cm³/mol. The van der Waals surface area contributed by atoms with Gasteiger partial charge in [0.1, 0.15) is 0 Å². The van der Waals surface area contributed by atoms with Crippen molar-refractivity contribution in [1.82, 2.24) is 10.2 Å². The molecule has 1 aliphatic heterocycles. The maximum Gasteiger partial charge on any atom is 0.225 e. The number of amides is 2. The molecule has 2 aliphatic rings. The molecule has 1 aliphatic carbocycles. The first kappa shape index (κ1) is 18.2. The van der Waals surface area contributed by atoms with Crippen molar-refractivity contribution in [3.63, 3.8) is 0 Å². The summed E-state index contributed by atoms with van der Waals surface area (Å²) in [5.41, 5.74) is 5.98. The summed E-state index contributed by atoms with van der Waals surface area (Å²) in [6.07, 6.45) is 7.44. The van der Waals surface area contributed by atoms with Crippen LogP contribution in [-0.4, -0.2) is 41.9 Å². The van der Waals surface area contributed by atoms with E-state index in [0.717, 1.165) is 64.5 Å². The average Bonchev–Trinajstić information content (AvgIpc) is 2.56. The highest BCUT2D eigenvalue weighted by Gasteiger charge is 2.30. The van der Waals surface area contributed by atoms with Crippen molar-refractivity contribution in [2.75, 3.05) is 13.1 Å². The summed E-state index contributed by atoms with van der Waals surface area (Å²) in [4.78, 5) is 26.8. The van der Waals surface area contributed by atoms with Crippen LogP contribution in [-0.2, 0) is 9.59 Å². The number of carbonyl (C=O) groups excluding carboxylic acids is 2. The molecule has 0 spiro atoms. The summed E-state index contributed by atoms with van der Waals surface area (Å²) >= 11 is 0. The van der Waals surface area contributed by atoms with Crippen LogP contribution in [0, 0.1) is 11.8 Å². The fourth-order valence-electron chi connectivity index (χ4n) is 3.93. The van der Waals surface area contributed by atoms with E-state index in [2.05, 4.69) is 19.2 Å². The molecular formula is C18H33N3O2. The van der Waals surface area contributed by atoms with Gasteiger partial charge in [0.25, 0.3) is 0 Å². The molecule has 5 heteroatoms. The van der Waals surface area contributed by atoms with Gasteiger partial charge in [0, 0.05) is 37.0 Å². The van der Waals surface area contributed by atoms with E-state index in [1.165, 1.54) is 0 Å². The third-order valence-electron chi connectivity index (χ3n) is 5.57. The second kappa shape index (κ2) is 8.67. The normalized spacial score (nSPS) is 26.3. The zero-order valence-electron chi connectivity index (χ0n) is 14.7. The van der Waals surface area contributed by atoms with Gasteiger partial charge in [-0.25, -0.2) is 0 Å². The lowest BCUT2D eigenvalue weighted by Crippen LogP contribution is -2.49. The molecule has 0 aromatic rings. The molecule has 0 aromatic heterocycles. The Labute approximate surface area is 140 Å². The molecule has 1 saturated heterocycles. The van der Waals surface area contributed by atoms with Crippen LogP contribution >= 0.6 is 0 Å². The molecule has 3 N–H and O–H groups in total. The predicted octanol–water partition coefficient (Wildman–Crippen LogP) is 2.05. The first-order valence-corrected chi connectivity index (χ1v) is 9.39. The van der Waals surface area contributed by atoms with Crippen LogP contribution in [0.5, 0.6) is 0 Å². The van der Waals surface area contributed by atoms with Crippen molar-refractivity contribution in [1.29, 1.82) is 0 Å². The van der Waals surface area contributed by atoms with Gasteiger partial charge in [0.05, 0.1) is 0 Å². The van der Waals surface area contributed by atoms with Gasteiger partial charge in [0.2, 0.25) is 11.8 Å². The summed E-state index contributed by atoms with van der Waals surface area (Å²) in [5.74, 6) is 0.704. The molecule has 0 radical (unpaired) electrons. The fraction of sp³-hybridized carbons (Fsp3) is 0.889. The highest BCUT2D eigenvalue weighted by atomic mass is 16.2. The van der Waals surface area contributed by atoms with Gasteiger partial charge in [-0.05, 0) is 44.9 Å². The van der Waals surface area contributed by atoms with Crippen molar-refractivity contribution in [3.05, 3.63) is 0 Å². The molecule has 2 unspecified atom stereocenters. The lowest BCUT2D eigenvalue weighted by Gasteiger charge is -2.35. The molecule has 2 amide bonds. The van der Waals surface area contributed by atoms with Gasteiger partial charge >= 0.3 is 0 Å². The van der Waals surface area contributed by atoms with Gasteiger partial charge in [-0.15, -0.1) is 0 Å². The first-order valence-electron chi connectivity index (χ1n) is 9.39. The van der Waals surface area contributed by atoms with Crippen LogP contribution in [0.3, 0.4) is 0 Å². The number of hydrogen-bond donors (Lipinski definition) is 2. The molecule has 2 fully saturated rings. The zero-order valence-corrected chi connectivity index (χ0v) is 14.7. The standard InChI is InChI=1S/C18H33N3O2/c1-3-13(4-2)18(23)21-10-8-16(9-11-21)20-17(22)14-6-5-7-15(19)12-14/h13-16H,3-12,19H2,1-2H3,(H,20,22). The molecule has 0 aromatic carbocycles. The molecule has 1 saturated carbocycles. The summed E-state index contributed by atoms with van der Waals surface area (Å²) in [6.45, 7) is 5.69.